The van der Waals surface area contributed by atoms with Crippen molar-refractivity contribution in [3.8, 4) is 0 Å². The van der Waals surface area contributed by atoms with Crippen LogP contribution >= 0.6 is 0 Å². The number of hydrogen-bond donors (Lipinski definition) is 2. The van der Waals surface area contributed by atoms with Gasteiger partial charge in [-0.25, -0.2) is 4.79 Å². The molecule has 4 heteroatoms. The summed E-state index contributed by atoms with van der Waals surface area (Å²) in [6.07, 6.45) is 9.41. The number of hydrogen-bond acceptors (Lipinski definition) is 4. The summed E-state index contributed by atoms with van der Waals surface area (Å²) in [6.45, 7) is 0.795. The lowest BCUT2D eigenvalue weighted by Gasteiger charge is -2.00. The van der Waals surface area contributed by atoms with Crippen molar-refractivity contribution in [2.24, 2.45) is 5.73 Å². The molecule has 0 heterocycles. The summed E-state index contributed by atoms with van der Waals surface area (Å²) in [5.74, 6) is -0.530. The molecule has 0 aromatic carbocycles. The lowest BCUT2D eigenvalue weighted by molar-refractivity contribution is -0.234. The average Bonchev–Trinajstić information content (AvgIpc) is 2.26. The van der Waals surface area contributed by atoms with Crippen LogP contribution in [0.3, 0.4) is 0 Å². The Hall–Kier alpha value is -0.610. The van der Waals surface area contributed by atoms with Crippen molar-refractivity contribution in [2.75, 3.05) is 6.54 Å². The zero-order valence-electron chi connectivity index (χ0n) is 9.41. The Balaban J connectivity index is 2.95. The van der Waals surface area contributed by atoms with E-state index in [1.165, 1.54) is 25.7 Å². The maximum absolute atomic E-state index is 10.5. The highest BCUT2D eigenvalue weighted by molar-refractivity contribution is 5.68. The van der Waals surface area contributed by atoms with Crippen LogP contribution < -0.4 is 5.73 Å². The van der Waals surface area contributed by atoms with Crippen LogP contribution in [0.1, 0.15) is 57.8 Å². The van der Waals surface area contributed by atoms with Gasteiger partial charge in [0.05, 0.1) is 0 Å². The Bertz CT molecular complexity index is 151. The first-order valence-corrected chi connectivity index (χ1v) is 5.85. The van der Waals surface area contributed by atoms with Gasteiger partial charge in [0.15, 0.2) is 0 Å². The second kappa shape index (κ2) is 11.5. The standard InChI is InChI=1S/C11H23NO3/c12-10-8-6-4-2-1-3-5-7-9-11(13)15-14/h14H,1-10,12H2. The third-order valence-corrected chi connectivity index (χ3v) is 2.44. The number of carbonyl (C=O) groups is 1. The van der Waals surface area contributed by atoms with Gasteiger partial charge in [-0.2, -0.15) is 5.26 Å². The van der Waals surface area contributed by atoms with Crippen LogP contribution in [0.4, 0.5) is 0 Å². The zero-order chi connectivity index (χ0) is 11.4. The Kier molecular flexibility index (Phi) is 11.0. The van der Waals surface area contributed by atoms with Gasteiger partial charge in [-0.05, 0) is 19.4 Å². The van der Waals surface area contributed by atoms with Gasteiger partial charge in [0.25, 0.3) is 0 Å². The van der Waals surface area contributed by atoms with E-state index >= 15 is 0 Å². The van der Waals surface area contributed by atoms with Crippen LogP contribution in [-0.4, -0.2) is 17.8 Å². The molecule has 0 radical (unpaired) electrons. The Labute approximate surface area is 91.7 Å². The van der Waals surface area contributed by atoms with Gasteiger partial charge < -0.3 is 10.6 Å². The van der Waals surface area contributed by atoms with Crippen molar-refractivity contribution in [1.29, 1.82) is 0 Å². The fourth-order valence-corrected chi connectivity index (χ4v) is 1.52. The Morgan fingerprint density at radius 1 is 0.933 bits per heavy atom. The van der Waals surface area contributed by atoms with Crippen molar-refractivity contribution < 1.29 is 14.9 Å². The second-order valence-corrected chi connectivity index (χ2v) is 3.83. The molecule has 0 amide bonds. The lowest BCUT2D eigenvalue weighted by atomic mass is 10.1. The molecule has 0 saturated heterocycles. The molecule has 4 nitrogen and oxygen atoms in total. The van der Waals surface area contributed by atoms with Crippen LogP contribution in [0.2, 0.25) is 0 Å². The minimum Gasteiger partial charge on any atom is -0.330 e. The van der Waals surface area contributed by atoms with E-state index in [1.54, 1.807) is 0 Å². The largest absolute Gasteiger partial charge is 0.342 e. The minimum absolute atomic E-state index is 0.323. The number of carbonyl (C=O) groups excluding carboxylic acids is 1. The minimum atomic E-state index is -0.530. The molecule has 0 atom stereocenters. The first-order valence-electron chi connectivity index (χ1n) is 5.85. The van der Waals surface area contributed by atoms with E-state index in [0.29, 0.717) is 6.42 Å². The van der Waals surface area contributed by atoms with Crippen LogP contribution in [0, 0.1) is 0 Å². The molecule has 90 valence electrons. The summed E-state index contributed by atoms with van der Waals surface area (Å²) < 4.78 is 0. The summed E-state index contributed by atoms with van der Waals surface area (Å²) in [4.78, 5) is 14.1. The summed E-state index contributed by atoms with van der Waals surface area (Å²) in [6, 6.07) is 0. The predicted molar refractivity (Wildman–Crippen MR) is 59.3 cm³/mol. The molecule has 0 bridgehead atoms. The molecule has 0 saturated carbocycles. The summed E-state index contributed by atoms with van der Waals surface area (Å²) >= 11 is 0. The molecular formula is C11H23NO3. The molecule has 0 unspecified atom stereocenters. The summed E-state index contributed by atoms with van der Waals surface area (Å²) in [7, 11) is 0. The number of rotatable bonds is 10. The van der Waals surface area contributed by atoms with Crippen molar-refractivity contribution in [3.63, 3.8) is 0 Å². The third kappa shape index (κ3) is 11.3. The molecule has 15 heavy (non-hydrogen) atoms. The van der Waals surface area contributed by atoms with Crippen LogP contribution in [0.5, 0.6) is 0 Å². The molecular weight excluding hydrogens is 194 g/mol. The highest BCUT2D eigenvalue weighted by atomic mass is 17.1. The van der Waals surface area contributed by atoms with Crippen LogP contribution in [-0.2, 0) is 9.68 Å². The third-order valence-electron chi connectivity index (χ3n) is 2.44. The van der Waals surface area contributed by atoms with E-state index in [0.717, 1.165) is 32.2 Å². The van der Waals surface area contributed by atoms with Gasteiger partial charge in [-0.3, -0.25) is 0 Å². The monoisotopic (exact) mass is 217 g/mol. The van der Waals surface area contributed by atoms with Crippen molar-refractivity contribution >= 4 is 5.97 Å². The number of nitrogens with two attached hydrogens (primary N) is 1. The van der Waals surface area contributed by atoms with Crippen LogP contribution in [0.25, 0.3) is 0 Å². The van der Waals surface area contributed by atoms with Gasteiger partial charge in [0.2, 0.25) is 0 Å². The van der Waals surface area contributed by atoms with Gasteiger partial charge in [-0.15, -0.1) is 0 Å². The molecule has 0 fully saturated rings. The first-order chi connectivity index (χ1) is 7.31. The molecule has 0 rings (SSSR count). The van der Waals surface area contributed by atoms with Crippen LogP contribution in [0.15, 0.2) is 0 Å². The van der Waals surface area contributed by atoms with E-state index < -0.39 is 5.97 Å². The normalized spacial score (nSPS) is 10.3. The first kappa shape index (κ1) is 14.4. The number of unbranched alkanes of at least 4 members (excludes halogenated alkanes) is 7. The smallest absolute Gasteiger partial charge is 0.330 e. The van der Waals surface area contributed by atoms with Crippen molar-refractivity contribution in [1.82, 2.24) is 0 Å². The van der Waals surface area contributed by atoms with E-state index in [1.807, 2.05) is 0 Å². The molecule has 3 N–H and O–H groups in total. The Morgan fingerprint density at radius 3 is 1.87 bits per heavy atom. The fraction of sp³-hybridized carbons (Fsp3) is 0.909. The molecule has 0 aliphatic carbocycles. The topological polar surface area (TPSA) is 72.6 Å². The van der Waals surface area contributed by atoms with E-state index in [4.69, 9.17) is 11.0 Å². The van der Waals surface area contributed by atoms with Crippen molar-refractivity contribution in [2.45, 2.75) is 57.8 Å². The Morgan fingerprint density at radius 2 is 1.40 bits per heavy atom. The van der Waals surface area contributed by atoms with Gasteiger partial charge >= 0.3 is 5.97 Å². The molecule has 0 aromatic rings. The average molecular weight is 217 g/mol. The second-order valence-electron chi connectivity index (χ2n) is 3.83. The van der Waals surface area contributed by atoms with E-state index in [-0.39, 0.29) is 0 Å². The highest BCUT2D eigenvalue weighted by Gasteiger charge is 2.00. The fourth-order valence-electron chi connectivity index (χ4n) is 1.52. The van der Waals surface area contributed by atoms with Gasteiger partial charge in [0.1, 0.15) is 0 Å². The van der Waals surface area contributed by atoms with E-state index in [2.05, 4.69) is 4.89 Å². The van der Waals surface area contributed by atoms with Gasteiger partial charge in [0, 0.05) is 6.42 Å². The highest BCUT2D eigenvalue weighted by Crippen LogP contribution is 2.09. The molecule has 0 aliphatic rings. The quantitative estimate of drug-likeness (QED) is 0.335. The maximum Gasteiger partial charge on any atom is 0.342 e. The predicted octanol–water partition coefficient (Wildman–Crippen LogP) is 2.47. The lowest BCUT2D eigenvalue weighted by Crippen LogP contribution is -1.99. The van der Waals surface area contributed by atoms with E-state index in [9.17, 15) is 4.79 Å². The molecule has 0 aliphatic heterocycles. The molecule has 0 spiro atoms. The SMILES string of the molecule is NCCCCCCCCCCC(=O)OO. The summed E-state index contributed by atoms with van der Waals surface area (Å²) in [5, 5.41) is 8.00. The summed E-state index contributed by atoms with van der Waals surface area (Å²) in [5.41, 5.74) is 5.39. The maximum atomic E-state index is 10.5. The van der Waals surface area contributed by atoms with Gasteiger partial charge in [-0.1, -0.05) is 38.5 Å². The molecule has 0 aromatic heterocycles. The van der Waals surface area contributed by atoms with Crippen molar-refractivity contribution in [3.05, 3.63) is 0 Å². The zero-order valence-corrected chi connectivity index (χ0v) is 9.41.